The lowest BCUT2D eigenvalue weighted by atomic mass is 10.2. The van der Waals surface area contributed by atoms with Gasteiger partial charge in [-0.2, -0.15) is 4.68 Å². The molecule has 0 aliphatic heterocycles. The Morgan fingerprint density at radius 2 is 2.08 bits per heavy atom. The molecule has 0 spiro atoms. The lowest BCUT2D eigenvalue weighted by Crippen LogP contribution is -2.26. The van der Waals surface area contributed by atoms with E-state index in [4.69, 9.17) is 8.83 Å². The third kappa shape index (κ3) is 3.89. The van der Waals surface area contributed by atoms with Crippen molar-refractivity contribution in [3.8, 4) is 11.7 Å². The summed E-state index contributed by atoms with van der Waals surface area (Å²) < 4.78 is 10.9. The zero-order valence-electron chi connectivity index (χ0n) is 13.9. The number of hydrogen-bond acceptors (Lipinski definition) is 6. The van der Waals surface area contributed by atoms with Crippen molar-refractivity contribution < 1.29 is 18.4 Å². The zero-order chi connectivity index (χ0) is 18.5. The van der Waals surface area contributed by atoms with E-state index in [1.165, 1.54) is 6.26 Å². The fourth-order valence-electron chi connectivity index (χ4n) is 2.24. The minimum absolute atomic E-state index is 0.00830. The average Bonchev–Trinajstić information content (AvgIpc) is 3.26. The molecule has 3 aromatic rings. The summed E-state index contributed by atoms with van der Waals surface area (Å²) in [5, 5.41) is 9.22. The molecule has 2 aromatic heterocycles. The van der Waals surface area contributed by atoms with E-state index < -0.39 is 11.7 Å². The summed E-state index contributed by atoms with van der Waals surface area (Å²) in [6.07, 6.45) is 1.42. The summed E-state index contributed by atoms with van der Waals surface area (Å²) in [7, 11) is 0. The van der Waals surface area contributed by atoms with Gasteiger partial charge in [0.25, 0.3) is 11.8 Å². The van der Waals surface area contributed by atoms with Gasteiger partial charge in [0, 0.05) is 17.8 Å². The van der Waals surface area contributed by atoms with Gasteiger partial charge in [0.2, 0.25) is 5.91 Å². The van der Waals surface area contributed by atoms with E-state index in [1.807, 2.05) is 6.92 Å². The molecule has 0 radical (unpaired) electrons. The maximum absolute atomic E-state index is 12.2. The molecule has 0 saturated heterocycles. The van der Waals surface area contributed by atoms with Crippen molar-refractivity contribution >= 4 is 17.5 Å². The Labute approximate surface area is 147 Å². The summed E-state index contributed by atoms with van der Waals surface area (Å²) in [5.74, 6) is -1.22. The predicted octanol–water partition coefficient (Wildman–Crippen LogP) is 1.48. The first kappa shape index (κ1) is 17.2. The maximum Gasteiger partial charge on any atom is 0.437 e. The van der Waals surface area contributed by atoms with E-state index in [0.29, 0.717) is 17.8 Å². The van der Waals surface area contributed by atoms with Crippen LogP contribution in [0.4, 0.5) is 5.69 Å². The molecule has 0 aliphatic carbocycles. The Morgan fingerprint density at radius 3 is 2.81 bits per heavy atom. The lowest BCUT2D eigenvalue weighted by molar-refractivity contribution is -0.117. The predicted molar refractivity (Wildman–Crippen MR) is 91.5 cm³/mol. The second-order valence-corrected chi connectivity index (χ2v) is 5.30. The van der Waals surface area contributed by atoms with Gasteiger partial charge in [-0.05, 0) is 37.3 Å². The summed E-state index contributed by atoms with van der Waals surface area (Å²) in [6, 6.07) is 9.68. The van der Waals surface area contributed by atoms with Crippen LogP contribution in [0.3, 0.4) is 0 Å². The van der Waals surface area contributed by atoms with Crippen LogP contribution in [0.5, 0.6) is 0 Å². The molecular formula is C17H16N4O5. The molecule has 9 nitrogen and oxygen atoms in total. The molecular weight excluding hydrogens is 340 g/mol. The van der Waals surface area contributed by atoms with Gasteiger partial charge in [-0.3, -0.25) is 9.59 Å². The fraction of sp³-hybridized carbons (Fsp3) is 0.176. The normalized spacial score (nSPS) is 10.5. The molecule has 2 amide bonds. The number of furan rings is 1. The van der Waals surface area contributed by atoms with E-state index in [0.717, 1.165) is 4.68 Å². The number of rotatable bonds is 6. The molecule has 2 N–H and O–H groups in total. The van der Waals surface area contributed by atoms with Crippen molar-refractivity contribution in [1.29, 1.82) is 0 Å². The van der Waals surface area contributed by atoms with Crippen molar-refractivity contribution in [2.45, 2.75) is 13.5 Å². The van der Waals surface area contributed by atoms with Gasteiger partial charge < -0.3 is 19.5 Å². The van der Waals surface area contributed by atoms with E-state index in [-0.39, 0.29) is 24.1 Å². The van der Waals surface area contributed by atoms with Crippen molar-refractivity contribution in [3.63, 3.8) is 0 Å². The first-order valence-corrected chi connectivity index (χ1v) is 7.86. The van der Waals surface area contributed by atoms with Gasteiger partial charge in [0.15, 0.2) is 5.76 Å². The van der Waals surface area contributed by atoms with Gasteiger partial charge in [0.05, 0.1) is 6.26 Å². The number of hydrogen-bond donors (Lipinski definition) is 2. The molecule has 134 valence electrons. The molecule has 0 aliphatic rings. The summed E-state index contributed by atoms with van der Waals surface area (Å²) in [5.41, 5.74) is 0.852. The summed E-state index contributed by atoms with van der Waals surface area (Å²) in [4.78, 5) is 35.8. The number of carbonyl (C=O) groups excluding carboxylic acids is 2. The standard InChI is InChI=1S/C17H16N4O5/c1-2-18-15(23)11-5-3-6-12(9-11)19-14(22)10-21-17(24)26-16(20-21)13-7-4-8-25-13/h3-9H,2,10H2,1H3,(H,18,23)(H,19,22). The number of benzene rings is 1. The van der Waals surface area contributed by atoms with Gasteiger partial charge in [0.1, 0.15) is 6.54 Å². The lowest BCUT2D eigenvalue weighted by Gasteiger charge is -2.07. The maximum atomic E-state index is 12.2. The second-order valence-electron chi connectivity index (χ2n) is 5.30. The molecule has 0 unspecified atom stereocenters. The summed E-state index contributed by atoms with van der Waals surface area (Å²) >= 11 is 0. The van der Waals surface area contributed by atoms with E-state index in [2.05, 4.69) is 15.7 Å². The van der Waals surface area contributed by atoms with Crippen LogP contribution in [0.2, 0.25) is 0 Å². The molecule has 26 heavy (non-hydrogen) atoms. The highest BCUT2D eigenvalue weighted by Gasteiger charge is 2.15. The highest BCUT2D eigenvalue weighted by Crippen LogP contribution is 2.15. The van der Waals surface area contributed by atoms with Crippen LogP contribution in [0.15, 0.2) is 56.3 Å². The number of nitrogens with zero attached hydrogens (tertiary/aromatic N) is 2. The van der Waals surface area contributed by atoms with Gasteiger partial charge >= 0.3 is 5.76 Å². The van der Waals surface area contributed by atoms with Crippen molar-refractivity contribution in [2.24, 2.45) is 0 Å². The van der Waals surface area contributed by atoms with Crippen molar-refractivity contribution in [2.75, 3.05) is 11.9 Å². The van der Waals surface area contributed by atoms with E-state index >= 15 is 0 Å². The minimum Gasteiger partial charge on any atom is -0.459 e. The molecule has 2 heterocycles. The first-order valence-electron chi connectivity index (χ1n) is 7.86. The monoisotopic (exact) mass is 356 g/mol. The average molecular weight is 356 g/mol. The van der Waals surface area contributed by atoms with Crippen LogP contribution >= 0.6 is 0 Å². The molecule has 9 heteroatoms. The topological polar surface area (TPSA) is 119 Å². The van der Waals surface area contributed by atoms with E-state index in [1.54, 1.807) is 36.4 Å². The molecule has 1 aromatic carbocycles. The third-order valence-electron chi connectivity index (χ3n) is 3.38. The number of amides is 2. The Hall–Kier alpha value is -3.62. The Bertz CT molecular complexity index is 971. The molecule has 3 rings (SSSR count). The van der Waals surface area contributed by atoms with Gasteiger partial charge in [-0.15, -0.1) is 5.10 Å². The molecule has 0 saturated carbocycles. The second kappa shape index (κ2) is 7.51. The van der Waals surface area contributed by atoms with Crippen LogP contribution in [0, 0.1) is 0 Å². The third-order valence-corrected chi connectivity index (χ3v) is 3.38. The van der Waals surface area contributed by atoms with Gasteiger partial charge in [-0.25, -0.2) is 4.79 Å². The molecule has 0 fully saturated rings. The fourth-order valence-corrected chi connectivity index (χ4v) is 2.24. The quantitative estimate of drug-likeness (QED) is 0.690. The molecule has 0 bridgehead atoms. The smallest absolute Gasteiger partial charge is 0.437 e. The van der Waals surface area contributed by atoms with Gasteiger partial charge in [-0.1, -0.05) is 6.07 Å². The minimum atomic E-state index is -0.775. The highest BCUT2D eigenvalue weighted by atomic mass is 16.4. The van der Waals surface area contributed by atoms with Crippen molar-refractivity contribution in [3.05, 3.63) is 58.8 Å². The Kier molecular flexibility index (Phi) is 4.97. The van der Waals surface area contributed by atoms with Crippen LogP contribution < -0.4 is 16.4 Å². The highest BCUT2D eigenvalue weighted by molar-refractivity contribution is 5.97. The number of nitrogens with one attached hydrogen (secondary N) is 2. The first-order chi connectivity index (χ1) is 12.6. The zero-order valence-corrected chi connectivity index (χ0v) is 13.9. The number of anilines is 1. The Balaban J connectivity index is 1.69. The largest absolute Gasteiger partial charge is 0.459 e. The molecule has 0 atom stereocenters. The van der Waals surface area contributed by atoms with Crippen LogP contribution in [-0.4, -0.2) is 28.1 Å². The number of carbonyl (C=O) groups is 2. The Morgan fingerprint density at radius 1 is 1.23 bits per heavy atom. The van der Waals surface area contributed by atoms with Crippen molar-refractivity contribution in [1.82, 2.24) is 15.1 Å². The SMILES string of the molecule is CCNC(=O)c1cccc(NC(=O)Cn2nc(-c3ccco3)oc2=O)c1. The number of aromatic nitrogens is 2. The van der Waals surface area contributed by atoms with Crippen LogP contribution in [-0.2, 0) is 11.3 Å². The van der Waals surface area contributed by atoms with Crippen LogP contribution in [0.25, 0.3) is 11.7 Å². The van der Waals surface area contributed by atoms with Crippen LogP contribution in [0.1, 0.15) is 17.3 Å². The summed E-state index contributed by atoms with van der Waals surface area (Å²) in [6.45, 7) is 1.98. The van der Waals surface area contributed by atoms with E-state index in [9.17, 15) is 14.4 Å².